The van der Waals surface area contributed by atoms with Crippen molar-refractivity contribution in [3.8, 4) is 0 Å². The number of esters is 1. The molecule has 1 saturated heterocycles. The lowest BCUT2D eigenvalue weighted by Gasteiger charge is -2.35. The smallest absolute Gasteiger partial charge is 0.312 e. The lowest BCUT2D eigenvalue weighted by Crippen LogP contribution is -2.53. The third-order valence-electron chi connectivity index (χ3n) is 3.56. The number of rotatable bonds is 2. The Balaban J connectivity index is 3.10. The standard InChI is InChI=1S/C13H25N3O3/c1-11(2,3)19-9(17)8-12(4,5)15-7-13(8,6)10(18)16-14/h8,15H,7,14H2,1-6H3,(H,16,18). The van der Waals surface area contributed by atoms with Gasteiger partial charge in [0.1, 0.15) is 5.60 Å². The lowest BCUT2D eigenvalue weighted by atomic mass is 9.71. The molecule has 1 heterocycles. The maximum Gasteiger partial charge on any atom is 0.312 e. The predicted octanol–water partition coefficient (Wildman–Crippen LogP) is 0.322. The van der Waals surface area contributed by atoms with Gasteiger partial charge in [-0.3, -0.25) is 15.0 Å². The lowest BCUT2D eigenvalue weighted by molar-refractivity contribution is -0.168. The van der Waals surface area contributed by atoms with Crippen molar-refractivity contribution in [2.75, 3.05) is 6.54 Å². The van der Waals surface area contributed by atoms with Crippen molar-refractivity contribution in [2.45, 2.75) is 52.7 Å². The summed E-state index contributed by atoms with van der Waals surface area (Å²) in [6.45, 7) is 11.3. The number of ether oxygens (including phenoxy) is 1. The van der Waals surface area contributed by atoms with E-state index >= 15 is 0 Å². The monoisotopic (exact) mass is 271 g/mol. The third kappa shape index (κ3) is 3.06. The molecule has 1 fully saturated rings. The van der Waals surface area contributed by atoms with E-state index < -0.39 is 22.5 Å². The van der Waals surface area contributed by atoms with E-state index in [2.05, 4.69) is 10.7 Å². The fourth-order valence-corrected chi connectivity index (χ4v) is 2.70. The van der Waals surface area contributed by atoms with Crippen LogP contribution in [-0.4, -0.2) is 29.6 Å². The molecule has 6 heteroatoms. The van der Waals surface area contributed by atoms with E-state index in [0.29, 0.717) is 6.54 Å². The summed E-state index contributed by atoms with van der Waals surface area (Å²) in [5, 5.41) is 3.20. The largest absolute Gasteiger partial charge is 0.460 e. The van der Waals surface area contributed by atoms with Crippen LogP contribution >= 0.6 is 0 Å². The van der Waals surface area contributed by atoms with E-state index in [1.165, 1.54) is 0 Å². The summed E-state index contributed by atoms with van der Waals surface area (Å²) < 4.78 is 5.45. The summed E-state index contributed by atoms with van der Waals surface area (Å²) in [6.07, 6.45) is 0. The van der Waals surface area contributed by atoms with Gasteiger partial charge in [-0.2, -0.15) is 0 Å². The van der Waals surface area contributed by atoms with Gasteiger partial charge in [-0.1, -0.05) is 0 Å². The van der Waals surface area contributed by atoms with Crippen LogP contribution in [0.3, 0.4) is 0 Å². The summed E-state index contributed by atoms with van der Waals surface area (Å²) in [7, 11) is 0. The van der Waals surface area contributed by atoms with Crippen molar-refractivity contribution in [3.63, 3.8) is 0 Å². The van der Waals surface area contributed by atoms with Gasteiger partial charge in [0.05, 0.1) is 11.3 Å². The van der Waals surface area contributed by atoms with Gasteiger partial charge in [0.15, 0.2) is 0 Å². The van der Waals surface area contributed by atoms with Gasteiger partial charge < -0.3 is 10.1 Å². The first-order valence-electron chi connectivity index (χ1n) is 6.43. The molecule has 4 N–H and O–H groups in total. The molecule has 0 aromatic rings. The molecule has 2 atom stereocenters. The molecule has 2 unspecified atom stereocenters. The molecule has 1 amide bonds. The average molecular weight is 271 g/mol. The molecule has 6 nitrogen and oxygen atoms in total. The van der Waals surface area contributed by atoms with Crippen LogP contribution in [0.15, 0.2) is 0 Å². The topological polar surface area (TPSA) is 93.4 Å². The Bertz CT molecular complexity index is 387. The number of carbonyl (C=O) groups excluding carboxylic acids is 2. The van der Waals surface area contributed by atoms with E-state index in [4.69, 9.17) is 10.6 Å². The summed E-state index contributed by atoms with van der Waals surface area (Å²) in [5.74, 6) is 3.90. The van der Waals surface area contributed by atoms with Crippen molar-refractivity contribution >= 4 is 11.9 Å². The summed E-state index contributed by atoms with van der Waals surface area (Å²) in [6, 6.07) is 0. The Labute approximate surface area is 114 Å². The zero-order valence-corrected chi connectivity index (χ0v) is 12.6. The molecule has 1 rings (SSSR count). The first-order chi connectivity index (χ1) is 8.44. The number of nitrogens with one attached hydrogen (secondary N) is 2. The Hall–Kier alpha value is -1.14. The van der Waals surface area contributed by atoms with E-state index in [0.717, 1.165) is 0 Å². The Morgan fingerprint density at radius 3 is 2.26 bits per heavy atom. The van der Waals surface area contributed by atoms with Crippen LogP contribution in [0.25, 0.3) is 0 Å². The highest BCUT2D eigenvalue weighted by atomic mass is 16.6. The normalized spacial score (nSPS) is 29.9. The van der Waals surface area contributed by atoms with Gasteiger partial charge in [0, 0.05) is 12.1 Å². The highest BCUT2D eigenvalue weighted by Gasteiger charge is 2.58. The average Bonchev–Trinajstić information content (AvgIpc) is 2.47. The van der Waals surface area contributed by atoms with Crippen molar-refractivity contribution in [3.05, 3.63) is 0 Å². The first-order valence-corrected chi connectivity index (χ1v) is 6.43. The first kappa shape index (κ1) is 15.9. The zero-order chi connectivity index (χ0) is 15.1. The minimum atomic E-state index is -0.916. The molecule has 1 aliphatic rings. The minimum absolute atomic E-state index is 0.360. The molecule has 110 valence electrons. The predicted molar refractivity (Wildman–Crippen MR) is 71.9 cm³/mol. The molecule has 0 saturated carbocycles. The van der Waals surface area contributed by atoms with Gasteiger partial charge in [0.25, 0.3) is 0 Å². The quantitative estimate of drug-likeness (QED) is 0.291. The van der Waals surface area contributed by atoms with Gasteiger partial charge in [-0.25, -0.2) is 5.84 Å². The zero-order valence-electron chi connectivity index (χ0n) is 12.6. The van der Waals surface area contributed by atoms with Crippen molar-refractivity contribution < 1.29 is 14.3 Å². The highest BCUT2D eigenvalue weighted by molar-refractivity contribution is 5.90. The Kier molecular flexibility index (Phi) is 3.98. The van der Waals surface area contributed by atoms with Crippen LogP contribution in [-0.2, 0) is 14.3 Å². The number of hydrogen-bond donors (Lipinski definition) is 3. The number of carbonyl (C=O) groups is 2. The minimum Gasteiger partial charge on any atom is -0.460 e. The fraction of sp³-hybridized carbons (Fsp3) is 0.846. The second kappa shape index (κ2) is 4.76. The van der Waals surface area contributed by atoms with Crippen LogP contribution in [0, 0.1) is 11.3 Å². The number of hydrazine groups is 1. The van der Waals surface area contributed by atoms with E-state index in [1.54, 1.807) is 27.7 Å². The molecule has 0 aliphatic carbocycles. The molecular formula is C13H25N3O3. The van der Waals surface area contributed by atoms with Gasteiger partial charge in [-0.05, 0) is 41.5 Å². The van der Waals surface area contributed by atoms with Crippen LogP contribution in [0.4, 0.5) is 0 Å². The maximum atomic E-state index is 12.4. The van der Waals surface area contributed by atoms with Gasteiger partial charge in [0.2, 0.25) is 5.91 Å². The van der Waals surface area contributed by atoms with E-state index in [9.17, 15) is 9.59 Å². The van der Waals surface area contributed by atoms with E-state index in [1.807, 2.05) is 13.8 Å². The van der Waals surface area contributed by atoms with Crippen LogP contribution in [0.1, 0.15) is 41.5 Å². The summed E-state index contributed by atoms with van der Waals surface area (Å²) in [5.41, 5.74) is 0.118. The second-order valence-corrected chi connectivity index (χ2v) is 6.93. The highest BCUT2D eigenvalue weighted by Crippen LogP contribution is 2.42. The summed E-state index contributed by atoms with van der Waals surface area (Å²) in [4.78, 5) is 24.4. The summed E-state index contributed by atoms with van der Waals surface area (Å²) >= 11 is 0. The molecular weight excluding hydrogens is 246 g/mol. The van der Waals surface area contributed by atoms with Crippen molar-refractivity contribution in [1.29, 1.82) is 0 Å². The molecule has 0 aromatic heterocycles. The van der Waals surface area contributed by atoms with Crippen LogP contribution < -0.4 is 16.6 Å². The molecule has 1 aliphatic heterocycles. The molecule has 0 radical (unpaired) electrons. The molecule has 0 bridgehead atoms. The number of amides is 1. The maximum absolute atomic E-state index is 12.4. The number of nitrogens with two attached hydrogens (primary N) is 1. The third-order valence-corrected chi connectivity index (χ3v) is 3.56. The molecule has 0 spiro atoms. The SMILES string of the molecule is CC(C)(C)OC(=O)C1C(C)(C)NCC1(C)C(=O)NN. The number of hydrogen-bond acceptors (Lipinski definition) is 5. The molecule has 0 aromatic carbocycles. The molecule has 19 heavy (non-hydrogen) atoms. The van der Waals surface area contributed by atoms with Crippen LogP contribution in [0.2, 0.25) is 0 Å². The van der Waals surface area contributed by atoms with E-state index in [-0.39, 0.29) is 11.9 Å². The van der Waals surface area contributed by atoms with Crippen molar-refractivity contribution in [1.82, 2.24) is 10.7 Å². The second-order valence-electron chi connectivity index (χ2n) is 6.93. The fourth-order valence-electron chi connectivity index (χ4n) is 2.70. The Morgan fingerprint density at radius 2 is 1.84 bits per heavy atom. The van der Waals surface area contributed by atoms with Crippen molar-refractivity contribution in [2.24, 2.45) is 17.2 Å². The van der Waals surface area contributed by atoms with Crippen LogP contribution in [0.5, 0.6) is 0 Å². The van der Waals surface area contributed by atoms with Gasteiger partial charge >= 0.3 is 5.97 Å². The Morgan fingerprint density at radius 1 is 1.32 bits per heavy atom. The van der Waals surface area contributed by atoms with Gasteiger partial charge in [-0.15, -0.1) is 0 Å².